The molecular weight excluding hydrogens is 344 g/mol. The van der Waals surface area contributed by atoms with Gasteiger partial charge in [-0.1, -0.05) is 18.2 Å². The maximum absolute atomic E-state index is 5.92. The summed E-state index contributed by atoms with van der Waals surface area (Å²) in [6, 6.07) is 10.3. The van der Waals surface area contributed by atoms with Crippen molar-refractivity contribution in [2.24, 2.45) is 0 Å². The van der Waals surface area contributed by atoms with Crippen LogP contribution in [-0.4, -0.2) is 53.1 Å². The summed E-state index contributed by atoms with van der Waals surface area (Å²) in [7, 11) is 2.13. The molecule has 1 aliphatic rings. The Bertz CT molecular complexity index is 648. The Morgan fingerprint density at radius 1 is 1.04 bits per heavy atom. The molecule has 130 valence electrons. The van der Waals surface area contributed by atoms with E-state index in [-0.39, 0.29) is 17.7 Å². The van der Waals surface area contributed by atoms with Crippen LogP contribution in [0, 0.1) is 0 Å². The quantitative estimate of drug-likeness (QED) is 0.833. The standard InChI is InChI=1S/C16H22N6S.ClH/c1-12(23-13-6-4-3-5-7-13)14-18-15(17)20-16(19-14)22-10-8-21(2)9-11-22;/h3-7,12H,8-11H2,1-2H3,(H2,17,18,19,20);1H. The third-order valence-corrected chi connectivity index (χ3v) is 4.97. The second kappa shape index (κ2) is 8.50. The summed E-state index contributed by atoms with van der Waals surface area (Å²) in [6.07, 6.45) is 0. The Morgan fingerprint density at radius 2 is 1.71 bits per heavy atom. The highest BCUT2D eigenvalue weighted by molar-refractivity contribution is 7.99. The van der Waals surface area contributed by atoms with Crippen molar-refractivity contribution in [2.45, 2.75) is 17.1 Å². The smallest absolute Gasteiger partial charge is 0.230 e. The van der Waals surface area contributed by atoms with Crippen LogP contribution in [0.3, 0.4) is 0 Å². The number of nitrogens with zero attached hydrogens (tertiary/aromatic N) is 5. The van der Waals surface area contributed by atoms with E-state index in [1.807, 2.05) is 18.2 Å². The molecule has 2 N–H and O–H groups in total. The fourth-order valence-corrected chi connectivity index (χ4v) is 3.42. The number of rotatable bonds is 4. The first-order valence-corrected chi connectivity index (χ1v) is 8.66. The van der Waals surface area contributed by atoms with E-state index in [9.17, 15) is 0 Å². The minimum atomic E-state index is 0. The minimum absolute atomic E-state index is 0. The molecule has 1 aliphatic heterocycles. The van der Waals surface area contributed by atoms with Crippen molar-refractivity contribution in [3.8, 4) is 0 Å². The molecule has 0 bridgehead atoms. The molecule has 2 heterocycles. The van der Waals surface area contributed by atoms with Crippen molar-refractivity contribution in [2.75, 3.05) is 43.9 Å². The summed E-state index contributed by atoms with van der Waals surface area (Å²) in [5, 5.41) is 0.119. The van der Waals surface area contributed by atoms with Crippen molar-refractivity contribution in [1.29, 1.82) is 0 Å². The van der Waals surface area contributed by atoms with Crippen molar-refractivity contribution in [3.63, 3.8) is 0 Å². The van der Waals surface area contributed by atoms with Gasteiger partial charge in [0, 0.05) is 31.1 Å². The number of likely N-dealkylation sites (N-methyl/N-ethyl adjacent to an activating group) is 1. The summed E-state index contributed by atoms with van der Waals surface area (Å²) in [5.74, 6) is 1.73. The molecule has 1 atom stereocenters. The highest BCUT2D eigenvalue weighted by Gasteiger charge is 2.20. The summed E-state index contributed by atoms with van der Waals surface area (Å²) in [4.78, 5) is 19.0. The normalized spacial score (nSPS) is 16.5. The first-order valence-electron chi connectivity index (χ1n) is 7.78. The van der Waals surface area contributed by atoms with Gasteiger partial charge >= 0.3 is 0 Å². The lowest BCUT2D eigenvalue weighted by atomic mass is 10.3. The molecule has 3 rings (SSSR count). The Hall–Kier alpha value is -1.57. The van der Waals surface area contributed by atoms with E-state index in [0.29, 0.717) is 11.9 Å². The Morgan fingerprint density at radius 3 is 2.38 bits per heavy atom. The molecule has 0 saturated carbocycles. The first-order chi connectivity index (χ1) is 11.1. The van der Waals surface area contributed by atoms with Gasteiger partial charge in [-0.3, -0.25) is 0 Å². The number of anilines is 2. The van der Waals surface area contributed by atoms with Gasteiger partial charge in [-0.25, -0.2) is 0 Å². The number of nitrogen functional groups attached to an aromatic ring is 1. The number of hydrogen-bond donors (Lipinski definition) is 1. The molecule has 1 aromatic heterocycles. The fraction of sp³-hybridized carbons (Fsp3) is 0.438. The summed E-state index contributed by atoms with van der Waals surface area (Å²) in [5.41, 5.74) is 5.92. The second-order valence-corrected chi connectivity index (χ2v) is 7.13. The molecule has 2 aromatic rings. The van der Waals surface area contributed by atoms with Crippen molar-refractivity contribution in [3.05, 3.63) is 36.2 Å². The molecule has 8 heteroatoms. The van der Waals surface area contributed by atoms with Crippen molar-refractivity contribution in [1.82, 2.24) is 19.9 Å². The zero-order chi connectivity index (χ0) is 16.2. The van der Waals surface area contributed by atoms with Crippen LogP contribution in [-0.2, 0) is 0 Å². The minimum Gasteiger partial charge on any atom is -0.368 e. The van der Waals surface area contributed by atoms with Crippen LogP contribution in [0.15, 0.2) is 35.2 Å². The molecule has 0 aliphatic carbocycles. The van der Waals surface area contributed by atoms with Crippen LogP contribution >= 0.6 is 24.2 Å². The molecule has 1 aromatic carbocycles. The van der Waals surface area contributed by atoms with Crippen LogP contribution in [0.2, 0.25) is 0 Å². The van der Waals surface area contributed by atoms with Gasteiger partial charge in [-0.2, -0.15) is 15.0 Å². The van der Waals surface area contributed by atoms with E-state index in [1.165, 1.54) is 4.90 Å². The van der Waals surface area contributed by atoms with Gasteiger partial charge in [-0.05, 0) is 26.1 Å². The lowest BCUT2D eigenvalue weighted by Gasteiger charge is -2.32. The van der Waals surface area contributed by atoms with Gasteiger partial charge in [0.2, 0.25) is 11.9 Å². The number of hydrogen-bond acceptors (Lipinski definition) is 7. The highest BCUT2D eigenvalue weighted by atomic mass is 35.5. The zero-order valence-corrected chi connectivity index (χ0v) is 15.6. The molecule has 1 fully saturated rings. The molecule has 0 spiro atoms. The number of piperazine rings is 1. The lowest BCUT2D eigenvalue weighted by Crippen LogP contribution is -2.45. The lowest BCUT2D eigenvalue weighted by molar-refractivity contribution is 0.311. The highest BCUT2D eigenvalue weighted by Crippen LogP contribution is 2.33. The molecule has 24 heavy (non-hydrogen) atoms. The number of nitrogens with two attached hydrogens (primary N) is 1. The summed E-state index contributed by atoms with van der Waals surface area (Å²) < 4.78 is 0. The monoisotopic (exact) mass is 366 g/mol. The van der Waals surface area contributed by atoms with Crippen LogP contribution in [0.1, 0.15) is 18.0 Å². The number of aromatic nitrogens is 3. The van der Waals surface area contributed by atoms with E-state index >= 15 is 0 Å². The topological polar surface area (TPSA) is 71.2 Å². The Kier molecular flexibility index (Phi) is 6.65. The average Bonchev–Trinajstić information content (AvgIpc) is 2.56. The predicted octanol–water partition coefficient (Wildman–Crippen LogP) is 2.48. The van der Waals surface area contributed by atoms with E-state index < -0.39 is 0 Å². The predicted molar refractivity (Wildman–Crippen MR) is 102 cm³/mol. The van der Waals surface area contributed by atoms with E-state index in [4.69, 9.17) is 5.73 Å². The van der Waals surface area contributed by atoms with Gasteiger partial charge < -0.3 is 15.5 Å². The molecular formula is C16H23ClN6S. The van der Waals surface area contributed by atoms with Crippen molar-refractivity contribution < 1.29 is 0 Å². The van der Waals surface area contributed by atoms with Crippen LogP contribution in [0.4, 0.5) is 11.9 Å². The number of thioether (sulfide) groups is 1. The molecule has 0 amide bonds. The zero-order valence-electron chi connectivity index (χ0n) is 13.9. The molecule has 0 radical (unpaired) electrons. The fourth-order valence-electron chi connectivity index (χ4n) is 2.48. The maximum atomic E-state index is 5.92. The molecule has 6 nitrogen and oxygen atoms in total. The average molecular weight is 367 g/mol. The molecule has 1 saturated heterocycles. The van der Waals surface area contributed by atoms with Gasteiger partial charge in [0.25, 0.3) is 0 Å². The van der Waals surface area contributed by atoms with Gasteiger partial charge in [-0.15, -0.1) is 24.2 Å². The van der Waals surface area contributed by atoms with Crippen molar-refractivity contribution >= 4 is 36.1 Å². The van der Waals surface area contributed by atoms with E-state index in [0.717, 1.165) is 32.0 Å². The summed E-state index contributed by atoms with van der Waals surface area (Å²) in [6.45, 7) is 5.95. The third-order valence-electron chi connectivity index (χ3n) is 3.86. The Balaban J connectivity index is 0.00000208. The van der Waals surface area contributed by atoms with E-state index in [1.54, 1.807) is 11.8 Å². The van der Waals surface area contributed by atoms with Crippen LogP contribution in [0.5, 0.6) is 0 Å². The maximum Gasteiger partial charge on any atom is 0.230 e. The third kappa shape index (κ3) is 4.72. The number of halogens is 1. The van der Waals surface area contributed by atoms with Crippen LogP contribution < -0.4 is 10.6 Å². The summed E-state index contributed by atoms with van der Waals surface area (Å²) >= 11 is 1.73. The van der Waals surface area contributed by atoms with Gasteiger partial charge in [0.15, 0.2) is 0 Å². The van der Waals surface area contributed by atoms with Gasteiger partial charge in [0.05, 0.1) is 5.25 Å². The van der Waals surface area contributed by atoms with Crippen LogP contribution in [0.25, 0.3) is 0 Å². The van der Waals surface area contributed by atoms with Gasteiger partial charge in [0.1, 0.15) is 5.82 Å². The SMILES string of the molecule is CC(Sc1ccccc1)c1nc(N)nc(N2CCN(C)CC2)n1.Cl. The largest absolute Gasteiger partial charge is 0.368 e. The second-order valence-electron chi connectivity index (χ2n) is 5.72. The molecule has 1 unspecified atom stereocenters. The number of benzene rings is 1. The van der Waals surface area contributed by atoms with E-state index in [2.05, 4.69) is 50.9 Å². The Labute approximate surface area is 153 Å². The first kappa shape index (κ1) is 18.8.